The number of halogens is 1. The van der Waals surface area contributed by atoms with Crippen molar-refractivity contribution < 1.29 is 46.7 Å². The van der Waals surface area contributed by atoms with Crippen LogP contribution in [0.3, 0.4) is 0 Å². The Balaban J connectivity index is 2.07. The molecule has 198 valence electrons. The molecule has 2 saturated heterocycles. The Hall–Kier alpha value is 1.24. The maximum atomic E-state index is 6.86. The molecule has 8 heteroatoms. The summed E-state index contributed by atoms with van der Waals surface area (Å²) in [7, 11) is 4.36. The quantitative estimate of drug-likeness (QED) is 0.206. The summed E-state index contributed by atoms with van der Waals surface area (Å²) in [6.07, 6.45) is 3.19. The van der Waals surface area contributed by atoms with Gasteiger partial charge in [0.15, 0.2) is 0 Å². The minimum absolute atomic E-state index is 0.0798. The normalized spacial score (nSPS) is 31.8. The molecule has 0 unspecified atom stereocenters. The zero-order chi connectivity index (χ0) is 25.9. The Kier molecular flexibility index (Phi) is 11.9. The molecule has 0 saturated carbocycles. The number of rotatable bonds is 11. The smallest absolute Gasteiger partial charge is 0.0273 e. The topological polar surface area (TPSA) is 46.2 Å². The van der Waals surface area contributed by atoms with Gasteiger partial charge in [-0.3, -0.25) is 0 Å². The average Bonchev–Trinajstić information content (AvgIpc) is 2.66. The molecule has 2 aliphatic rings. The number of hydrogen-bond donors (Lipinski definition) is 0. The molecule has 0 aromatic carbocycles. The fraction of sp³-hybridized carbons (Fsp3) is 1.00. The van der Waals surface area contributed by atoms with Crippen LogP contribution >= 0.6 is 8.25 Å². The fourth-order valence-corrected chi connectivity index (χ4v) is 16.5. The van der Waals surface area contributed by atoms with Crippen LogP contribution in [0, 0.1) is 5.92 Å². The van der Waals surface area contributed by atoms with E-state index in [2.05, 4.69) is 48.5 Å². The second kappa shape index (κ2) is 12.9. The first kappa shape index (κ1) is 31.5. The average molecular weight is 708 g/mol. The van der Waals surface area contributed by atoms with Crippen LogP contribution < -0.4 is 0 Å². The molecular formula is C26H51ClHgO5Si. The molecular weight excluding hydrogens is 656 g/mol. The van der Waals surface area contributed by atoms with Gasteiger partial charge in [0, 0.05) is 0 Å². The van der Waals surface area contributed by atoms with Crippen molar-refractivity contribution >= 4 is 16.6 Å². The third-order valence-corrected chi connectivity index (χ3v) is 19.2. The van der Waals surface area contributed by atoms with Crippen molar-refractivity contribution in [3.63, 3.8) is 0 Å². The van der Waals surface area contributed by atoms with Gasteiger partial charge in [-0.15, -0.1) is 0 Å². The van der Waals surface area contributed by atoms with E-state index in [1.54, 1.807) is 0 Å². The first-order valence-corrected chi connectivity index (χ1v) is 26.3. The monoisotopic (exact) mass is 708 g/mol. The molecule has 2 heterocycles. The van der Waals surface area contributed by atoms with Crippen LogP contribution in [0.25, 0.3) is 0 Å². The van der Waals surface area contributed by atoms with E-state index in [0.717, 1.165) is 29.8 Å². The Morgan fingerprint density at radius 3 is 1.88 bits per heavy atom. The molecule has 0 aromatic rings. The van der Waals surface area contributed by atoms with E-state index in [1.807, 2.05) is 27.7 Å². The molecule has 0 bridgehead atoms. The maximum Gasteiger partial charge on any atom is -0.0273 e. The first-order chi connectivity index (χ1) is 15.6. The third-order valence-electron chi connectivity index (χ3n) is 7.86. The van der Waals surface area contributed by atoms with Crippen LogP contribution in [0.2, 0.25) is 20.6 Å². The van der Waals surface area contributed by atoms with Crippen molar-refractivity contribution in [3.05, 3.63) is 0 Å². The first-order valence-electron chi connectivity index (χ1n) is 13.5. The van der Waals surface area contributed by atoms with Gasteiger partial charge in [0.2, 0.25) is 0 Å². The van der Waals surface area contributed by atoms with Gasteiger partial charge in [0.25, 0.3) is 0 Å². The molecule has 0 radical (unpaired) electrons. The molecule has 0 aliphatic carbocycles. The van der Waals surface area contributed by atoms with Gasteiger partial charge in [0.1, 0.15) is 0 Å². The molecule has 2 aliphatic heterocycles. The van der Waals surface area contributed by atoms with Crippen LogP contribution in [0.4, 0.5) is 0 Å². The van der Waals surface area contributed by atoms with Crippen LogP contribution in [-0.4, -0.2) is 50.9 Å². The second-order valence-corrected chi connectivity index (χ2v) is 24.8. The molecule has 5 nitrogen and oxygen atoms in total. The largest absolute Gasteiger partial charge is 0.0630 e. The number of hydrogen-bond acceptors (Lipinski definition) is 5. The predicted molar refractivity (Wildman–Crippen MR) is 138 cm³/mol. The second-order valence-electron chi connectivity index (χ2n) is 12.4. The Labute approximate surface area is 226 Å². The van der Waals surface area contributed by atoms with Crippen molar-refractivity contribution in [2.75, 3.05) is 6.61 Å². The minimum atomic E-state index is -1.88. The minimum Gasteiger partial charge on any atom is -0.0630 e. The predicted octanol–water partition coefficient (Wildman–Crippen LogP) is 7.68. The molecule has 0 spiro atoms. The van der Waals surface area contributed by atoms with Crippen molar-refractivity contribution in [1.82, 2.24) is 0 Å². The summed E-state index contributed by atoms with van der Waals surface area (Å²) < 4.78 is 33.3. The van der Waals surface area contributed by atoms with Gasteiger partial charge in [-0.1, -0.05) is 41.5 Å². The molecule has 5 atom stereocenters. The molecule has 0 N–H and O–H groups in total. The number of ether oxygens (including phenoxy) is 4. The molecule has 34 heavy (non-hydrogen) atoms. The van der Waals surface area contributed by atoms with Crippen molar-refractivity contribution in [2.45, 2.75) is 152 Å². The summed E-state index contributed by atoms with van der Waals surface area (Å²) in [5.41, 5.74) is 1.76. The van der Waals surface area contributed by atoms with Crippen molar-refractivity contribution in [1.29, 1.82) is 0 Å². The van der Waals surface area contributed by atoms with E-state index in [9.17, 15) is 0 Å². The van der Waals surface area contributed by atoms with Gasteiger partial charge in [-0.2, -0.15) is 0 Å². The summed E-state index contributed by atoms with van der Waals surface area (Å²) in [6.45, 7) is 25.2. The third kappa shape index (κ3) is 8.12. The van der Waals surface area contributed by atoms with Crippen molar-refractivity contribution in [2.24, 2.45) is 5.92 Å². The van der Waals surface area contributed by atoms with Crippen LogP contribution in [0.1, 0.15) is 95.4 Å². The molecule has 0 aromatic heterocycles. The van der Waals surface area contributed by atoms with Gasteiger partial charge >= 0.3 is 170 Å². The zero-order valence-electron chi connectivity index (χ0n) is 23.8. The Morgan fingerprint density at radius 1 is 0.853 bits per heavy atom. The van der Waals surface area contributed by atoms with E-state index >= 15 is 0 Å². The van der Waals surface area contributed by atoms with Gasteiger partial charge in [-0.25, -0.2) is 0 Å². The van der Waals surface area contributed by atoms with Gasteiger partial charge < -0.3 is 0 Å². The van der Waals surface area contributed by atoms with E-state index < -0.39 is 43.2 Å². The van der Waals surface area contributed by atoms with Crippen molar-refractivity contribution in [3.8, 4) is 0 Å². The molecule has 2 fully saturated rings. The van der Waals surface area contributed by atoms with Gasteiger partial charge in [0.05, 0.1) is 0 Å². The van der Waals surface area contributed by atoms with E-state index in [4.69, 9.17) is 31.6 Å². The van der Waals surface area contributed by atoms with Crippen LogP contribution in [0.5, 0.6) is 0 Å². The van der Waals surface area contributed by atoms with Gasteiger partial charge in [-0.05, 0) is 16.6 Å². The maximum absolute atomic E-state index is 6.86. The Morgan fingerprint density at radius 2 is 1.35 bits per heavy atom. The summed E-state index contributed by atoms with van der Waals surface area (Å²) >= 11 is -1.29. The summed E-state index contributed by atoms with van der Waals surface area (Å²) in [5.74, 6) is -0.910. The van der Waals surface area contributed by atoms with Crippen LogP contribution in [-0.2, 0) is 46.7 Å². The van der Waals surface area contributed by atoms with Crippen LogP contribution in [0.15, 0.2) is 0 Å². The van der Waals surface area contributed by atoms with E-state index in [-0.39, 0.29) is 30.3 Å². The standard InChI is InChI=1S/C26H51O5Si.ClH.Hg/c1-17(2)32(18(3)4,19(5)6)27-14-13-23-21(8)24(31-26(11,12)30-23)16-22-15-20(7)28-25(9,10)29-22;;/h17-24H,7,13-16H2,1-6,8-12H3;1H;/q;;+1/p-1/t20-,21+,22-,23+,24-;;/m1../s1. The fourth-order valence-electron chi connectivity index (χ4n) is 6.57. The van der Waals surface area contributed by atoms with E-state index in [1.165, 1.54) is 0 Å². The molecule has 2 rings (SSSR count). The zero-order valence-corrected chi connectivity index (χ0v) is 31.0. The summed E-state index contributed by atoms with van der Waals surface area (Å²) in [6, 6.07) is 0. The molecule has 0 amide bonds. The summed E-state index contributed by atoms with van der Waals surface area (Å²) in [5, 5.41) is 0. The SMILES string of the molecule is CC(C)[Si](OCC[C@@H]1OC(C)(C)O[C@H](C[C@H]2C[C@@H]([CH2][Hg][Cl])OC(C)(C)O2)[C@H]1C)(C(C)C)C(C)C. The van der Waals surface area contributed by atoms with E-state index in [0.29, 0.717) is 16.6 Å². The summed E-state index contributed by atoms with van der Waals surface area (Å²) in [4.78, 5) is 0. The Bertz CT molecular complexity index is 609.